The minimum absolute atomic E-state index is 0.269. The first kappa shape index (κ1) is 18.3. The topological polar surface area (TPSA) is 67.2 Å². The molecule has 0 atom stereocenters. The fourth-order valence-corrected chi connectivity index (χ4v) is 3.64. The van der Waals surface area contributed by atoms with Crippen LogP contribution in [0.4, 0.5) is 17.1 Å². The molecule has 144 valence electrons. The van der Waals surface area contributed by atoms with E-state index in [1.807, 2.05) is 12.1 Å². The first-order chi connectivity index (χ1) is 13.2. The molecule has 0 unspecified atom stereocenters. The molecule has 1 aromatic heterocycles. The van der Waals surface area contributed by atoms with Gasteiger partial charge in [-0.15, -0.1) is 0 Å². The molecule has 0 aliphatic carbocycles. The molecule has 2 aliphatic heterocycles. The second-order valence-corrected chi connectivity index (χ2v) is 7.24. The molecule has 1 amide bonds. The van der Waals surface area contributed by atoms with Crippen molar-refractivity contribution in [2.75, 3.05) is 67.7 Å². The number of nitrogens with zero attached hydrogens (tertiary/aromatic N) is 2. The summed E-state index contributed by atoms with van der Waals surface area (Å²) in [5.41, 5.74) is 2.91. The quantitative estimate of drug-likeness (QED) is 0.795. The van der Waals surface area contributed by atoms with Crippen molar-refractivity contribution in [2.24, 2.45) is 0 Å². The van der Waals surface area contributed by atoms with Crippen LogP contribution in [0.2, 0.25) is 0 Å². The minimum Gasteiger partial charge on any atom is -0.444 e. The van der Waals surface area contributed by atoms with Crippen LogP contribution in [0.1, 0.15) is 10.6 Å². The summed E-state index contributed by atoms with van der Waals surface area (Å²) in [7, 11) is 0. The van der Waals surface area contributed by atoms with Gasteiger partial charge in [0.1, 0.15) is 0 Å². The molecule has 2 saturated heterocycles. The van der Waals surface area contributed by atoms with E-state index < -0.39 is 0 Å². The van der Waals surface area contributed by atoms with Crippen LogP contribution in [0.15, 0.2) is 39.4 Å². The molecule has 1 N–H and O–H groups in total. The average Bonchev–Trinajstić information content (AvgIpc) is 3.16. The molecule has 27 heavy (non-hydrogen) atoms. The maximum Gasteiger partial charge on any atom is 0.291 e. The van der Waals surface area contributed by atoms with E-state index in [1.165, 1.54) is 0 Å². The fourth-order valence-electron chi connectivity index (χ4n) is 3.33. The normalized spacial score (nSPS) is 17.8. The van der Waals surface area contributed by atoms with E-state index in [1.54, 1.807) is 12.1 Å². The average molecular weight is 436 g/mol. The Morgan fingerprint density at radius 3 is 2.22 bits per heavy atom. The molecule has 1 aromatic carbocycles. The Bertz CT molecular complexity index is 798. The standard InChI is InChI=1S/C19H22BrN3O4/c20-18-4-3-17(27-18)19(24)21-15-2-1-14(22-5-9-25-10-6-22)13-16(15)23-7-11-26-12-8-23/h1-4,13H,5-12H2,(H,21,24). The molecular weight excluding hydrogens is 414 g/mol. The van der Waals surface area contributed by atoms with Crippen LogP contribution >= 0.6 is 15.9 Å². The second kappa shape index (κ2) is 8.33. The SMILES string of the molecule is O=C(Nc1ccc(N2CCOCC2)cc1N1CCOCC1)c1ccc(Br)o1. The Balaban J connectivity index is 1.61. The molecule has 3 heterocycles. The maximum atomic E-state index is 12.6. The summed E-state index contributed by atoms with van der Waals surface area (Å²) in [6, 6.07) is 9.51. The zero-order chi connectivity index (χ0) is 18.6. The number of carbonyl (C=O) groups is 1. The van der Waals surface area contributed by atoms with Gasteiger partial charge >= 0.3 is 0 Å². The van der Waals surface area contributed by atoms with Crippen LogP contribution in [-0.4, -0.2) is 58.5 Å². The number of anilines is 3. The Labute approximate surface area is 166 Å². The van der Waals surface area contributed by atoms with Gasteiger partial charge in [-0.2, -0.15) is 0 Å². The van der Waals surface area contributed by atoms with Gasteiger partial charge in [-0.1, -0.05) is 0 Å². The summed E-state index contributed by atoms with van der Waals surface area (Å²) in [6.45, 7) is 6.16. The summed E-state index contributed by atoms with van der Waals surface area (Å²) < 4.78 is 16.8. The fraction of sp³-hybridized carbons (Fsp3) is 0.421. The second-order valence-electron chi connectivity index (χ2n) is 6.46. The number of hydrogen-bond donors (Lipinski definition) is 1. The maximum absolute atomic E-state index is 12.6. The number of morpholine rings is 2. The first-order valence-corrected chi connectivity index (χ1v) is 9.86. The summed E-state index contributed by atoms with van der Waals surface area (Å²) in [5.74, 6) is 0.00129. The minimum atomic E-state index is -0.269. The summed E-state index contributed by atoms with van der Waals surface area (Å²) in [6.07, 6.45) is 0. The van der Waals surface area contributed by atoms with Gasteiger partial charge in [-0.05, 0) is 46.3 Å². The lowest BCUT2D eigenvalue weighted by atomic mass is 10.1. The van der Waals surface area contributed by atoms with E-state index in [0.717, 1.165) is 56.5 Å². The highest BCUT2D eigenvalue weighted by Crippen LogP contribution is 2.32. The number of ether oxygens (including phenoxy) is 2. The zero-order valence-electron chi connectivity index (χ0n) is 14.9. The Morgan fingerprint density at radius 1 is 0.926 bits per heavy atom. The van der Waals surface area contributed by atoms with Crippen LogP contribution in [0.5, 0.6) is 0 Å². The molecule has 4 rings (SSSR count). The number of hydrogen-bond acceptors (Lipinski definition) is 6. The smallest absolute Gasteiger partial charge is 0.291 e. The first-order valence-electron chi connectivity index (χ1n) is 9.07. The van der Waals surface area contributed by atoms with E-state index in [9.17, 15) is 4.79 Å². The van der Waals surface area contributed by atoms with Crippen molar-refractivity contribution in [3.05, 3.63) is 40.8 Å². The van der Waals surface area contributed by atoms with Crippen molar-refractivity contribution in [3.8, 4) is 0 Å². The molecule has 0 saturated carbocycles. The van der Waals surface area contributed by atoms with Crippen LogP contribution in [0.3, 0.4) is 0 Å². The van der Waals surface area contributed by atoms with Crippen LogP contribution < -0.4 is 15.1 Å². The molecule has 2 fully saturated rings. The third-order valence-corrected chi connectivity index (χ3v) is 5.18. The molecule has 7 nitrogen and oxygen atoms in total. The Kier molecular flexibility index (Phi) is 5.66. The van der Waals surface area contributed by atoms with Crippen LogP contribution in [0, 0.1) is 0 Å². The van der Waals surface area contributed by atoms with Crippen LogP contribution in [0.25, 0.3) is 0 Å². The van der Waals surface area contributed by atoms with Crippen molar-refractivity contribution in [3.63, 3.8) is 0 Å². The van der Waals surface area contributed by atoms with Gasteiger partial charge in [0.2, 0.25) is 0 Å². The number of benzene rings is 1. The zero-order valence-corrected chi connectivity index (χ0v) is 16.5. The summed E-state index contributed by atoms with van der Waals surface area (Å²) in [4.78, 5) is 17.1. The van der Waals surface area contributed by atoms with Crippen molar-refractivity contribution < 1.29 is 18.7 Å². The highest BCUT2D eigenvalue weighted by molar-refractivity contribution is 9.10. The monoisotopic (exact) mass is 435 g/mol. The van der Waals surface area contributed by atoms with Gasteiger partial charge in [0, 0.05) is 31.9 Å². The number of nitrogens with one attached hydrogen (secondary N) is 1. The molecular formula is C19H22BrN3O4. The van der Waals surface area contributed by atoms with Crippen LogP contribution in [-0.2, 0) is 9.47 Å². The van der Waals surface area contributed by atoms with E-state index >= 15 is 0 Å². The predicted molar refractivity (Wildman–Crippen MR) is 107 cm³/mol. The lowest BCUT2D eigenvalue weighted by molar-refractivity contribution is 0.0995. The largest absolute Gasteiger partial charge is 0.444 e. The summed E-state index contributed by atoms with van der Waals surface area (Å²) in [5, 5.41) is 2.99. The number of carbonyl (C=O) groups excluding carboxylic acids is 1. The van der Waals surface area contributed by atoms with Gasteiger partial charge < -0.3 is 29.0 Å². The molecule has 2 aromatic rings. The van der Waals surface area contributed by atoms with E-state index in [4.69, 9.17) is 13.9 Å². The van der Waals surface area contributed by atoms with Gasteiger partial charge in [-0.3, -0.25) is 4.79 Å². The highest BCUT2D eigenvalue weighted by atomic mass is 79.9. The lowest BCUT2D eigenvalue weighted by Crippen LogP contribution is -2.38. The van der Waals surface area contributed by atoms with E-state index in [0.29, 0.717) is 17.9 Å². The Morgan fingerprint density at radius 2 is 1.59 bits per heavy atom. The van der Waals surface area contributed by atoms with E-state index in [2.05, 4.69) is 37.1 Å². The predicted octanol–water partition coefficient (Wildman–Crippen LogP) is 2.97. The molecule has 0 radical (unpaired) electrons. The molecule has 8 heteroatoms. The third kappa shape index (κ3) is 4.28. The number of rotatable bonds is 4. The van der Waals surface area contributed by atoms with Crippen molar-refractivity contribution in [1.82, 2.24) is 0 Å². The van der Waals surface area contributed by atoms with Gasteiger partial charge in [0.05, 0.1) is 37.8 Å². The number of amides is 1. The molecule has 0 bridgehead atoms. The van der Waals surface area contributed by atoms with Crippen molar-refractivity contribution in [1.29, 1.82) is 0 Å². The van der Waals surface area contributed by atoms with Crippen molar-refractivity contribution >= 4 is 38.9 Å². The Hall–Kier alpha value is -2.03. The lowest BCUT2D eigenvalue weighted by Gasteiger charge is -2.33. The van der Waals surface area contributed by atoms with Gasteiger partial charge in [0.25, 0.3) is 5.91 Å². The molecule has 0 spiro atoms. The summed E-state index contributed by atoms with van der Waals surface area (Å²) >= 11 is 3.23. The van der Waals surface area contributed by atoms with Gasteiger partial charge in [0.15, 0.2) is 10.4 Å². The van der Waals surface area contributed by atoms with Gasteiger partial charge in [-0.25, -0.2) is 0 Å². The highest BCUT2D eigenvalue weighted by Gasteiger charge is 2.20. The van der Waals surface area contributed by atoms with E-state index in [-0.39, 0.29) is 11.7 Å². The number of furan rings is 1. The molecule has 2 aliphatic rings. The third-order valence-electron chi connectivity index (χ3n) is 4.75. The van der Waals surface area contributed by atoms with Crippen molar-refractivity contribution in [2.45, 2.75) is 0 Å². The number of halogens is 1.